The molecule has 0 radical (unpaired) electrons. The van der Waals surface area contributed by atoms with Crippen LogP contribution in [0.15, 0.2) is 10.2 Å². The van der Waals surface area contributed by atoms with E-state index in [4.69, 9.17) is 0 Å². The fourth-order valence-corrected chi connectivity index (χ4v) is 0.236. The lowest BCUT2D eigenvalue weighted by Gasteiger charge is -1.50. The van der Waals surface area contributed by atoms with E-state index in [0.717, 1.165) is 6.42 Å². The molecular weight excluding hydrogens is 88.1 g/mol. The second-order valence-electron chi connectivity index (χ2n) is 0.832. The average molecular weight is 98.1 g/mol. The maximum atomic E-state index is 3.53. The summed E-state index contributed by atoms with van der Waals surface area (Å²) in [6.45, 7) is 4.00. The van der Waals surface area contributed by atoms with Gasteiger partial charge in [0.25, 0.3) is 0 Å². The van der Waals surface area contributed by atoms with Crippen LogP contribution in [0.5, 0.6) is 0 Å². The molecule has 0 spiro atoms. The van der Waals surface area contributed by atoms with Gasteiger partial charge >= 0.3 is 0 Å². The summed E-state index contributed by atoms with van der Waals surface area (Å²) in [4.78, 5) is 0. The fourth-order valence-electron chi connectivity index (χ4n) is 0.236. The maximum Gasteiger partial charge on any atom is 0.0324 e. The minimum absolute atomic E-state index is 0.917. The first-order valence-corrected chi connectivity index (χ1v) is 2.53. The van der Waals surface area contributed by atoms with Gasteiger partial charge < -0.3 is 0 Å². The lowest BCUT2D eigenvalue weighted by molar-refractivity contribution is 1.29. The molecule has 40 valence electrons. The van der Waals surface area contributed by atoms with Crippen molar-refractivity contribution in [2.24, 2.45) is 10.2 Å². The largest absolute Gasteiger partial charge is 0.164 e. The number of rotatable bonds is 0. The Balaban J connectivity index is 0.000000162. The molecule has 0 aromatic heterocycles. The Hall–Kier alpha value is -0.660. The van der Waals surface area contributed by atoms with Crippen molar-refractivity contribution in [1.29, 1.82) is 0 Å². The van der Waals surface area contributed by atoms with Crippen molar-refractivity contribution in [2.75, 3.05) is 0 Å². The van der Waals surface area contributed by atoms with Crippen LogP contribution >= 0.6 is 0 Å². The molecule has 0 unspecified atom stereocenters. The van der Waals surface area contributed by atoms with Crippen LogP contribution < -0.4 is 0 Å². The van der Waals surface area contributed by atoms with Crippen LogP contribution in [0.3, 0.4) is 0 Å². The van der Waals surface area contributed by atoms with Crippen LogP contribution in [-0.2, 0) is 0 Å². The summed E-state index contributed by atoms with van der Waals surface area (Å²) in [5.41, 5.74) is 0. The molecule has 1 heterocycles. The maximum absolute atomic E-state index is 3.53. The van der Waals surface area contributed by atoms with Gasteiger partial charge in [0.1, 0.15) is 0 Å². The standard InChI is InChI=1S/C3H4N2.C2H6/c1-2-4-5-3-1;1-2/h2-3H,1H2;1-2H3. The zero-order chi connectivity index (χ0) is 5.54. The lowest BCUT2D eigenvalue weighted by Crippen LogP contribution is -1.60. The predicted octanol–water partition coefficient (Wildman–Crippen LogP) is 1.47. The van der Waals surface area contributed by atoms with Crippen molar-refractivity contribution < 1.29 is 0 Å². The van der Waals surface area contributed by atoms with Crippen molar-refractivity contribution in [3.8, 4) is 0 Å². The van der Waals surface area contributed by atoms with E-state index in [9.17, 15) is 0 Å². The Kier molecular flexibility index (Phi) is 4.84. The smallest absolute Gasteiger partial charge is 0.0324 e. The second kappa shape index (κ2) is 5.34. The van der Waals surface area contributed by atoms with E-state index in [2.05, 4.69) is 10.2 Å². The number of hydrogen-bond acceptors (Lipinski definition) is 2. The SMILES string of the molecule is C1=NN=CC1.CC. The molecule has 0 saturated carbocycles. The molecule has 2 heteroatoms. The summed E-state index contributed by atoms with van der Waals surface area (Å²) in [7, 11) is 0. The molecule has 1 rings (SSSR count). The Labute approximate surface area is 44.0 Å². The van der Waals surface area contributed by atoms with Crippen molar-refractivity contribution in [3.63, 3.8) is 0 Å². The summed E-state index contributed by atoms with van der Waals surface area (Å²) in [5, 5.41) is 7.06. The van der Waals surface area contributed by atoms with Gasteiger partial charge in [0.15, 0.2) is 0 Å². The molecule has 0 bridgehead atoms. The highest BCUT2D eigenvalue weighted by molar-refractivity contribution is 5.82. The highest BCUT2D eigenvalue weighted by Crippen LogP contribution is 1.78. The van der Waals surface area contributed by atoms with Crippen molar-refractivity contribution in [1.82, 2.24) is 0 Å². The van der Waals surface area contributed by atoms with Crippen molar-refractivity contribution in [2.45, 2.75) is 20.3 Å². The van der Waals surface area contributed by atoms with Gasteiger partial charge in [0.05, 0.1) is 0 Å². The highest BCUT2D eigenvalue weighted by Gasteiger charge is 1.75. The first kappa shape index (κ1) is 6.34. The Bertz CT molecular complexity index is 64.1. The predicted molar refractivity (Wildman–Crippen MR) is 32.9 cm³/mol. The van der Waals surface area contributed by atoms with Crippen LogP contribution in [0.2, 0.25) is 0 Å². The Morgan fingerprint density at radius 1 is 1.14 bits per heavy atom. The van der Waals surface area contributed by atoms with Gasteiger partial charge in [0, 0.05) is 18.9 Å². The Morgan fingerprint density at radius 3 is 1.71 bits per heavy atom. The molecule has 0 saturated heterocycles. The van der Waals surface area contributed by atoms with Gasteiger partial charge in [-0.2, -0.15) is 10.2 Å². The van der Waals surface area contributed by atoms with Crippen LogP contribution in [0.1, 0.15) is 20.3 Å². The molecule has 0 fully saturated rings. The summed E-state index contributed by atoms with van der Waals surface area (Å²) in [6.07, 6.45) is 4.44. The number of hydrogen-bond donors (Lipinski definition) is 0. The normalized spacial score (nSPS) is 13.4. The third kappa shape index (κ3) is 3.16. The van der Waals surface area contributed by atoms with Crippen LogP contribution in [0.25, 0.3) is 0 Å². The summed E-state index contributed by atoms with van der Waals surface area (Å²) in [5.74, 6) is 0. The van der Waals surface area contributed by atoms with E-state index in [1.54, 1.807) is 12.4 Å². The van der Waals surface area contributed by atoms with E-state index >= 15 is 0 Å². The molecule has 0 aromatic rings. The van der Waals surface area contributed by atoms with Crippen LogP contribution in [-0.4, -0.2) is 12.4 Å². The highest BCUT2D eigenvalue weighted by atomic mass is 15.2. The molecule has 1 aliphatic rings. The van der Waals surface area contributed by atoms with Crippen LogP contribution in [0.4, 0.5) is 0 Å². The van der Waals surface area contributed by atoms with E-state index in [-0.39, 0.29) is 0 Å². The molecular formula is C5H10N2. The van der Waals surface area contributed by atoms with Crippen molar-refractivity contribution >= 4 is 12.4 Å². The summed E-state index contributed by atoms with van der Waals surface area (Å²) >= 11 is 0. The summed E-state index contributed by atoms with van der Waals surface area (Å²) in [6, 6.07) is 0. The van der Waals surface area contributed by atoms with Gasteiger partial charge in [-0.25, -0.2) is 0 Å². The molecule has 7 heavy (non-hydrogen) atoms. The monoisotopic (exact) mass is 98.1 g/mol. The van der Waals surface area contributed by atoms with Gasteiger partial charge in [0.2, 0.25) is 0 Å². The average Bonchev–Trinajstić information content (AvgIpc) is 2.23. The lowest BCUT2D eigenvalue weighted by atomic mass is 10.5. The first-order chi connectivity index (χ1) is 3.50. The minimum Gasteiger partial charge on any atom is -0.164 e. The molecule has 2 nitrogen and oxygen atoms in total. The van der Waals surface area contributed by atoms with E-state index in [1.807, 2.05) is 13.8 Å². The first-order valence-electron chi connectivity index (χ1n) is 2.53. The van der Waals surface area contributed by atoms with Gasteiger partial charge in [-0.05, 0) is 0 Å². The summed E-state index contributed by atoms with van der Waals surface area (Å²) < 4.78 is 0. The third-order valence-electron chi connectivity index (χ3n) is 0.441. The molecule has 0 atom stereocenters. The van der Waals surface area contributed by atoms with Crippen molar-refractivity contribution in [3.05, 3.63) is 0 Å². The van der Waals surface area contributed by atoms with Gasteiger partial charge in [-0.3, -0.25) is 0 Å². The molecule has 0 aliphatic carbocycles. The van der Waals surface area contributed by atoms with E-state index in [0.29, 0.717) is 0 Å². The minimum atomic E-state index is 0.917. The van der Waals surface area contributed by atoms with Gasteiger partial charge in [-0.1, -0.05) is 13.8 Å². The fraction of sp³-hybridized carbons (Fsp3) is 0.600. The van der Waals surface area contributed by atoms with Gasteiger partial charge in [-0.15, -0.1) is 0 Å². The zero-order valence-corrected chi connectivity index (χ0v) is 4.76. The molecule has 0 aromatic carbocycles. The van der Waals surface area contributed by atoms with E-state index in [1.165, 1.54) is 0 Å². The van der Waals surface area contributed by atoms with E-state index < -0.39 is 0 Å². The number of nitrogens with zero attached hydrogens (tertiary/aromatic N) is 2. The quantitative estimate of drug-likeness (QED) is 0.438. The molecule has 0 amide bonds. The topological polar surface area (TPSA) is 24.7 Å². The van der Waals surface area contributed by atoms with Crippen LogP contribution in [0, 0.1) is 0 Å². The molecule has 1 aliphatic heterocycles. The third-order valence-corrected chi connectivity index (χ3v) is 0.441. The molecule has 0 N–H and O–H groups in total. The zero-order valence-electron chi connectivity index (χ0n) is 4.76. The second-order valence-corrected chi connectivity index (χ2v) is 0.832. The Morgan fingerprint density at radius 2 is 1.57 bits per heavy atom.